The summed E-state index contributed by atoms with van der Waals surface area (Å²) in [5, 5.41) is 8.70. The summed E-state index contributed by atoms with van der Waals surface area (Å²) >= 11 is 0. The van der Waals surface area contributed by atoms with Crippen LogP contribution in [0.4, 0.5) is 0 Å². The molecule has 0 spiro atoms. The molecule has 1 fully saturated rings. The van der Waals surface area contributed by atoms with Gasteiger partial charge < -0.3 is 9.80 Å². The topological polar surface area (TPSA) is 47.3 Å². The lowest BCUT2D eigenvalue weighted by atomic mass is 10.1. The molecule has 0 aliphatic carbocycles. The molecule has 0 radical (unpaired) electrons. The molecule has 1 amide bonds. The van der Waals surface area contributed by atoms with Crippen molar-refractivity contribution in [2.24, 2.45) is 11.8 Å². The van der Waals surface area contributed by atoms with Crippen LogP contribution in [0.1, 0.15) is 13.8 Å². The van der Waals surface area contributed by atoms with E-state index in [0.29, 0.717) is 12.0 Å². The average molecular weight is 209 g/mol. The average Bonchev–Trinajstić information content (AvgIpc) is 2.58. The van der Waals surface area contributed by atoms with E-state index in [0.717, 1.165) is 13.1 Å². The van der Waals surface area contributed by atoms with E-state index in [9.17, 15) is 4.79 Å². The Balaban J connectivity index is 2.63. The summed E-state index contributed by atoms with van der Waals surface area (Å²) in [4.78, 5) is 15.7. The highest BCUT2D eigenvalue weighted by Crippen LogP contribution is 2.21. The summed E-state index contributed by atoms with van der Waals surface area (Å²) in [7, 11) is 4.06. The van der Waals surface area contributed by atoms with E-state index in [1.807, 2.05) is 25.1 Å². The van der Waals surface area contributed by atoms with Gasteiger partial charge in [0.1, 0.15) is 5.92 Å². The molecule has 1 saturated heterocycles. The van der Waals surface area contributed by atoms with Crippen molar-refractivity contribution in [2.45, 2.75) is 19.9 Å². The summed E-state index contributed by atoms with van der Waals surface area (Å²) in [6, 6.07) is 2.41. The molecule has 3 unspecified atom stereocenters. The molecule has 0 N–H and O–H groups in total. The van der Waals surface area contributed by atoms with E-state index < -0.39 is 5.92 Å². The van der Waals surface area contributed by atoms with Crippen LogP contribution in [0, 0.1) is 23.2 Å². The van der Waals surface area contributed by atoms with Gasteiger partial charge in [-0.1, -0.05) is 6.92 Å². The van der Waals surface area contributed by atoms with Crippen LogP contribution in [0.25, 0.3) is 0 Å². The van der Waals surface area contributed by atoms with Gasteiger partial charge in [-0.3, -0.25) is 4.79 Å². The lowest BCUT2D eigenvalue weighted by molar-refractivity contribution is -0.132. The van der Waals surface area contributed by atoms with Crippen LogP contribution in [0.15, 0.2) is 0 Å². The van der Waals surface area contributed by atoms with Gasteiger partial charge in [-0.05, 0) is 26.9 Å². The van der Waals surface area contributed by atoms with Crippen LogP contribution in [0.2, 0.25) is 0 Å². The van der Waals surface area contributed by atoms with Gasteiger partial charge >= 0.3 is 0 Å². The molecule has 4 nitrogen and oxygen atoms in total. The van der Waals surface area contributed by atoms with Crippen molar-refractivity contribution < 1.29 is 4.79 Å². The molecule has 0 aromatic rings. The standard InChI is InChI=1S/C11H19N3O/c1-8(5-12)11(15)14-6-9(2)10(7-14)13(3)4/h8-10H,6-7H2,1-4H3. The molecule has 1 aliphatic rings. The Morgan fingerprint density at radius 3 is 2.53 bits per heavy atom. The number of amides is 1. The summed E-state index contributed by atoms with van der Waals surface area (Å²) in [5.41, 5.74) is 0. The maximum Gasteiger partial charge on any atom is 0.239 e. The molecule has 1 rings (SSSR count). The van der Waals surface area contributed by atoms with Crippen molar-refractivity contribution >= 4 is 5.91 Å². The number of nitrogens with zero attached hydrogens (tertiary/aromatic N) is 3. The number of hydrogen-bond donors (Lipinski definition) is 0. The van der Waals surface area contributed by atoms with E-state index in [1.54, 1.807) is 6.92 Å². The zero-order chi connectivity index (χ0) is 11.6. The Labute approximate surface area is 91.5 Å². The van der Waals surface area contributed by atoms with E-state index in [-0.39, 0.29) is 5.91 Å². The number of likely N-dealkylation sites (N-methyl/N-ethyl adjacent to an activating group) is 1. The van der Waals surface area contributed by atoms with E-state index in [2.05, 4.69) is 11.8 Å². The monoisotopic (exact) mass is 209 g/mol. The summed E-state index contributed by atoms with van der Waals surface area (Å²) < 4.78 is 0. The first-order valence-corrected chi connectivity index (χ1v) is 5.32. The van der Waals surface area contributed by atoms with E-state index >= 15 is 0 Å². The Morgan fingerprint density at radius 2 is 2.13 bits per heavy atom. The minimum absolute atomic E-state index is 0.0336. The molecule has 4 heteroatoms. The number of carbonyl (C=O) groups excluding carboxylic acids is 1. The Hall–Kier alpha value is -1.08. The van der Waals surface area contributed by atoms with Crippen LogP contribution in [-0.4, -0.2) is 48.9 Å². The Kier molecular flexibility index (Phi) is 3.70. The molecule has 0 aromatic heterocycles. The van der Waals surface area contributed by atoms with Gasteiger partial charge in [-0.15, -0.1) is 0 Å². The highest BCUT2D eigenvalue weighted by molar-refractivity contribution is 5.81. The molecular weight excluding hydrogens is 190 g/mol. The van der Waals surface area contributed by atoms with Crippen molar-refractivity contribution in [1.29, 1.82) is 5.26 Å². The number of nitriles is 1. The number of likely N-dealkylation sites (tertiary alicyclic amines) is 1. The van der Waals surface area contributed by atoms with Crippen molar-refractivity contribution in [3.05, 3.63) is 0 Å². The fourth-order valence-electron chi connectivity index (χ4n) is 2.13. The second-order valence-corrected chi connectivity index (χ2v) is 4.60. The molecule has 84 valence electrons. The third-order valence-electron chi connectivity index (χ3n) is 3.11. The summed E-state index contributed by atoms with van der Waals surface area (Å²) in [5.74, 6) is -0.0679. The molecular formula is C11H19N3O. The lowest BCUT2D eigenvalue weighted by Gasteiger charge is -2.22. The van der Waals surface area contributed by atoms with Crippen LogP contribution in [0.5, 0.6) is 0 Å². The summed E-state index contributed by atoms with van der Waals surface area (Å²) in [6.45, 7) is 5.33. The first-order chi connectivity index (χ1) is 6.97. The Bertz CT molecular complexity index is 282. The fourth-order valence-corrected chi connectivity index (χ4v) is 2.13. The van der Waals surface area contributed by atoms with Crippen LogP contribution < -0.4 is 0 Å². The van der Waals surface area contributed by atoms with Crippen molar-refractivity contribution in [1.82, 2.24) is 9.80 Å². The van der Waals surface area contributed by atoms with Gasteiger partial charge in [-0.2, -0.15) is 5.26 Å². The fraction of sp³-hybridized carbons (Fsp3) is 0.818. The zero-order valence-corrected chi connectivity index (χ0v) is 9.90. The van der Waals surface area contributed by atoms with Crippen molar-refractivity contribution in [2.75, 3.05) is 27.2 Å². The molecule has 0 aromatic carbocycles. The van der Waals surface area contributed by atoms with Gasteiger partial charge in [0.15, 0.2) is 0 Å². The minimum atomic E-state index is -0.516. The molecule has 15 heavy (non-hydrogen) atoms. The predicted octanol–water partition coefficient (Wildman–Crippen LogP) is 0.555. The second-order valence-electron chi connectivity index (χ2n) is 4.60. The number of rotatable bonds is 2. The third-order valence-corrected chi connectivity index (χ3v) is 3.11. The van der Waals surface area contributed by atoms with Gasteiger partial charge in [0.05, 0.1) is 6.07 Å². The highest BCUT2D eigenvalue weighted by Gasteiger charge is 2.34. The number of hydrogen-bond acceptors (Lipinski definition) is 3. The Morgan fingerprint density at radius 1 is 1.53 bits per heavy atom. The molecule has 0 saturated carbocycles. The van der Waals surface area contributed by atoms with Gasteiger partial charge in [0.2, 0.25) is 5.91 Å². The van der Waals surface area contributed by atoms with E-state index in [1.165, 1.54) is 0 Å². The molecule has 3 atom stereocenters. The van der Waals surface area contributed by atoms with Gasteiger partial charge in [0, 0.05) is 19.1 Å². The minimum Gasteiger partial charge on any atom is -0.340 e. The van der Waals surface area contributed by atoms with Crippen molar-refractivity contribution in [3.63, 3.8) is 0 Å². The van der Waals surface area contributed by atoms with Crippen LogP contribution >= 0.6 is 0 Å². The number of carbonyl (C=O) groups is 1. The second kappa shape index (κ2) is 4.63. The molecule has 1 aliphatic heterocycles. The quantitative estimate of drug-likeness (QED) is 0.667. The zero-order valence-electron chi connectivity index (χ0n) is 9.90. The first kappa shape index (κ1) is 12.0. The maximum atomic E-state index is 11.8. The highest BCUT2D eigenvalue weighted by atomic mass is 16.2. The van der Waals surface area contributed by atoms with Gasteiger partial charge in [0.25, 0.3) is 0 Å². The van der Waals surface area contributed by atoms with Crippen molar-refractivity contribution in [3.8, 4) is 6.07 Å². The SMILES string of the molecule is CC(C#N)C(=O)N1CC(C)C(N(C)C)C1. The van der Waals surface area contributed by atoms with Gasteiger partial charge in [-0.25, -0.2) is 0 Å². The van der Waals surface area contributed by atoms with E-state index in [4.69, 9.17) is 5.26 Å². The molecule has 1 heterocycles. The van der Waals surface area contributed by atoms with Crippen LogP contribution in [-0.2, 0) is 4.79 Å². The third kappa shape index (κ3) is 2.48. The smallest absolute Gasteiger partial charge is 0.239 e. The first-order valence-electron chi connectivity index (χ1n) is 5.32. The lowest BCUT2D eigenvalue weighted by Crippen LogP contribution is -2.37. The largest absolute Gasteiger partial charge is 0.340 e. The molecule has 0 bridgehead atoms. The maximum absolute atomic E-state index is 11.8. The normalized spacial score (nSPS) is 27.9. The summed E-state index contributed by atoms with van der Waals surface area (Å²) in [6.07, 6.45) is 0. The van der Waals surface area contributed by atoms with Crippen LogP contribution in [0.3, 0.4) is 0 Å². The predicted molar refractivity (Wildman–Crippen MR) is 58.0 cm³/mol.